The molecule has 1 amide bonds. The molecule has 0 bridgehead atoms. The minimum atomic E-state index is -4.62. The van der Waals surface area contributed by atoms with Gasteiger partial charge in [-0.1, -0.05) is 53.0 Å². The first-order valence-electron chi connectivity index (χ1n) is 10.5. The zero-order chi connectivity index (χ0) is 24.9. The topological polar surface area (TPSA) is 56.1 Å². The van der Waals surface area contributed by atoms with Crippen LogP contribution in [0.2, 0.25) is 15.1 Å². The Labute approximate surface area is 210 Å². The highest BCUT2D eigenvalue weighted by atomic mass is 35.5. The Kier molecular flexibility index (Phi) is 8.89. The van der Waals surface area contributed by atoms with Gasteiger partial charge in [-0.15, -0.1) is 0 Å². The number of nitrogens with zero attached hydrogens (tertiary/aromatic N) is 2. The molecule has 34 heavy (non-hydrogen) atoms. The molecule has 0 aromatic heterocycles. The van der Waals surface area contributed by atoms with Crippen molar-refractivity contribution in [2.75, 3.05) is 19.6 Å². The molecule has 0 spiro atoms. The number of nitrogens with one attached hydrogen (secondary N) is 1. The summed E-state index contributed by atoms with van der Waals surface area (Å²) in [5, 5.41) is 11.6. The summed E-state index contributed by atoms with van der Waals surface area (Å²) in [6.45, 7) is 1.87. The fraction of sp³-hybridized carbons (Fsp3) is 0.333. The lowest BCUT2D eigenvalue weighted by Crippen LogP contribution is -2.44. The van der Waals surface area contributed by atoms with Gasteiger partial charge < -0.3 is 5.32 Å². The van der Waals surface area contributed by atoms with Gasteiger partial charge in [0.05, 0.1) is 33.3 Å². The standard InChI is InChI=1S/C24H21Cl3F3N3O/c25-20-13-17(14-21(26)22(20)27)19(24(28,29)30)6-3-15-1-4-16(5-2-15)23(34)32-18-7-10-33(11-8-18)12-9-31/h1-2,4-6,13-14,18H,3,7-8,10-12H2,(H,32,34). The largest absolute Gasteiger partial charge is 0.416 e. The van der Waals surface area contributed by atoms with Crippen molar-refractivity contribution in [1.82, 2.24) is 10.2 Å². The van der Waals surface area contributed by atoms with E-state index in [4.69, 9.17) is 40.1 Å². The van der Waals surface area contributed by atoms with E-state index in [9.17, 15) is 18.0 Å². The van der Waals surface area contributed by atoms with Crippen LogP contribution in [0, 0.1) is 11.3 Å². The van der Waals surface area contributed by atoms with E-state index in [1.54, 1.807) is 24.3 Å². The zero-order valence-corrected chi connectivity index (χ0v) is 20.2. The van der Waals surface area contributed by atoms with Crippen LogP contribution in [0.1, 0.15) is 34.3 Å². The molecule has 0 saturated carbocycles. The predicted molar refractivity (Wildman–Crippen MR) is 128 cm³/mol. The van der Waals surface area contributed by atoms with Gasteiger partial charge in [0, 0.05) is 24.7 Å². The number of allylic oxidation sites excluding steroid dienone is 2. The Balaban J connectivity index is 1.67. The van der Waals surface area contributed by atoms with Crippen molar-refractivity contribution < 1.29 is 18.0 Å². The summed E-state index contributed by atoms with van der Waals surface area (Å²) in [4.78, 5) is 14.6. The number of alkyl halides is 3. The van der Waals surface area contributed by atoms with E-state index in [-0.39, 0.29) is 39.0 Å². The number of hydrogen-bond donors (Lipinski definition) is 1. The van der Waals surface area contributed by atoms with E-state index in [2.05, 4.69) is 11.4 Å². The van der Waals surface area contributed by atoms with Gasteiger partial charge in [-0.05, 0) is 54.7 Å². The van der Waals surface area contributed by atoms with E-state index in [1.165, 1.54) is 0 Å². The summed E-state index contributed by atoms with van der Waals surface area (Å²) in [6, 6.07) is 10.8. The highest BCUT2D eigenvalue weighted by molar-refractivity contribution is 6.48. The monoisotopic (exact) mass is 529 g/mol. The molecule has 1 saturated heterocycles. The van der Waals surface area contributed by atoms with Gasteiger partial charge in [-0.25, -0.2) is 0 Å². The maximum Gasteiger partial charge on any atom is 0.416 e. The quantitative estimate of drug-likeness (QED) is 0.340. The van der Waals surface area contributed by atoms with Crippen LogP contribution in [0.25, 0.3) is 5.57 Å². The number of rotatable bonds is 6. The Morgan fingerprint density at radius 2 is 1.68 bits per heavy atom. The third kappa shape index (κ3) is 6.89. The van der Waals surface area contributed by atoms with E-state index >= 15 is 0 Å². The molecule has 2 aromatic carbocycles. The smallest absolute Gasteiger partial charge is 0.349 e. The summed E-state index contributed by atoms with van der Waals surface area (Å²) < 4.78 is 41.0. The van der Waals surface area contributed by atoms with Crippen LogP contribution < -0.4 is 5.32 Å². The van der Waals surface area contributed by atoms with Crippen LogP contribution in [0.4, 0.5) is 13.2 Å². The van der Waals surface area contributed by atoms with E-state index in [0.717, 1.165) is 44.1 Å². The van der Waals surface area contributed by atoms with Crippen LogP contribution in [0.3, 0.4) is 0 Å². The summed E-state index contributed by atoms with van der Waals surface area (Å²) in [7, 11) is 0. The molecule has 1 N–H and O–H groups in total. The first-order valence-corrected chi connectivity index (χ1v) is 11.6. The van der Waals surface area contributed by atoms with Crippen molar-refractivity contribution >= 4 is 46.3 Å². The normalized spacial score (nSPS) is 15.7. The summed E-state index contributed by atoms with van der Waals surface area (Å²) in [5.41, 5.74) is -0.0185. The van der Waals surface area contributed by atoms with Crippen molar-refractivity contribution in [1.29, 1.82) is 5.26 Å². The van der Waals surface area contributed by atoms with Crippen LogP contribution >= 0.6 is 34.8 Å². The third-order valence-electron chi connectivity index (χ3n) is 5.58. The summed E-state index contributed by atoms with van der Waals surface area (Å²) in [6.07, 6.45) is -2.06. The molecule has 1 aliphatic heterocycles. The molecule has 2 aromatic rings. The second-order valence-electron chi connectivity index (χ2n) is 7.95. The number of nitriles is 1. The first-order chi connectivity index (χ1) is 16.1. The van der Waals surface area contributed by atoms with Gasteiger partial charge in [-0.2, -0.15) is 18.4 Å². The van der Waals surface area contributed by atoms with Crippen molar-refractivity contribution in [3.63, 3.8) is 0 Å². The molecular formula is C24H21Cl3F3N3O. The lowest BCUT2D eigenvalue weighted by atomic mass is 10.0. The van der Waals surface area contributed by atoms with Gasteiger partial charge in [0.25, 0.3) is 5.91 Å². The van der Waals surface area contributed by atoms with E-state index in [0.29, 0.717) is 17.7 Å². The van der Waals surface area contributed by atoms with Gasteiger partial charge in [0.2, 0.25) is 0 Å². The fourth-order valence-corrected chi connectivity index (χ4v) is 4.32. The summed E-state index contributed by atoms with van der Waals surface area (Å²) >= 11 is 17.7. The van der Waals surface area contributed by atoms with Crippen LogP contribution in [-0.2, 0) is 6.42 Å². The second-order valence-corrected chi connectivity index (χ2v) is 9.14. The molecule has 180 valence electrons. The Bertz CT molecular complexity index is 1080. The molecule has 0 unspecified atom stereocenters. The number of hydrogen-bond acceptors (Lipinski definition) is 3. The van der Waals surface area contributed by atoms with Crippen LogP contribution in [0.15, 0.2) is 42.5 Å². The minimum absolute atomic E-state index is 0.00445. The SMILES string of the molecule is N#CCN1CCC(NC(=O)c2ccc(CC=C(c3cc(Cl)c(Cl)c(Cl)c3)C(F)(F)F)cc2)CC1. The molecule has 0 atom stereocenters. The Hall–Kier alpha value is -2.24. The third-order valence-corrected chi connectivity index (χ3v) is 6.77. The van der Waals surface area contributed by atoms with Crippen molar-refractivity contribution in [3.05, 3.63) is 74.2 Å². The van der Waals surface area contributed by atoms with Crippen molar-refractivity contribution in [2.24, 2.45) is 0 Å². The molecule has 3 rings (SSSR count). The average Bonchev–Trinajstić information content (AvgIpc) is 2.78. The summed E-state index contributed by atoms with van der Waals surface area (Å²) in [5.74, 6) is -0.234. The molecule has 1 heterocycles. The Morgan fingerprint density at radius 1 is 1.09 bits per heavy atom. The van der Waals surface area contributed by atoms with Crippen molar-refractivity contribution in [3.8, 4) is 6.07 Å². The lowest BCUT2D eigenvalue weighted by molar-refractivity contribution is -0.0690. The van der Waals surface area contributed by atoms with Crippen LogP contribution in [-0.4, -0.2) is 42.7 Å². The van der Waals surface area contributed by atoms with Gasteiger partial charge in [0.1, 0.15) is 0 Å². The minimum Gasteiger partial charge on any atom is -0.349 e. The average molecular weight is 531 g/mol. The van der Waals surface area contributed by atoms with Gasteiger partial charge >= 0.3 is 6.18 Å². The van der Waals surface area contributed by atoms with Crippen LogP contribution in [0.5, 0.6) is 0 Å². The molecule has 1 aliphatic rings. The van der Waals surface area contributed by atoms with Gasteiger partial charge in [-0.3, -0.25) is 9.69 Å². The zero-order valence-electron chi connectivity index (χ0n) is 17.9. The predicted octanol–water partition coefficient (Wildman–Crippen LogP) is 6.55. The number of benzene rings is 2. The molecule has 4 nitrogen and oxygen atoms in total. The number of carbonyl (C=O) groups is 1. The maximum atomic E-state index is 13.7. The molecular weight excluding hydrogens is 510 g/mol. The molecule has 0 radical (unpaired) electrons. The molecule has 1 fully saturated rings. The number of carbonyl (C=O) groups excluding carboxylic acids is 1. The number of amides is 1. The molecule has 0 aliphatic carbocycles. The van der Waals surface area contributed by atoms with E-state index in [1.807, 2.05) is 4.90 Å². The van der Waals surface area contributed by atoms with Crippen molar-refractivity contribution in [2.45, 2.75) is 31.5 Å². The number of likely N-dealkylation sites (tertiary alicyclic amines) is 1. The van der Waals surface area contributed by atoms with E-state index < -0.39 is 11.7 Å². The number of halogens is 6. The second kappa shape index (κ2) is 11.5. The fourth-order valence-electron chi connectivity index (χ4n) is 3.72. The lowest BCUT2D eigenvalue weighted by Gasteiger charge is -2.30. The highest BCUT2D eigenvalue weighted by Gasteiger charge is 2.35. The molecule has 10 heteroatoms. The Morgan fingerprint density at radius 3 is 2.21 bits per heavy atom. The first kappa shape index (κ1) is 26.4. The highest BCUT2D eigenvalue weighted by Crippen LogP contribution is 2.39. The number of piperidine rings is 1. The maximum absolute atomic E-state index is 13.7. The van der Waals surface area contributed by atoms with Gasteiger partial charge in [0.15, 0.2) is 0 Å².